The standard InChI is InChI=1S/C22H17Cl2N3O4S/c23-14-5-9-16(10-6-14)25-21(28)13-20-22(29)26-18-3-1-2-4-19(18)27(20)32(30,31)17-11-7-15(24)8-12-17/h1-12,20H,13H2,(H,25,28)(H,26,29). The van der Waals surface area contributed by atoms with Crippen LogP contribution in [0.2, 0.25) is 10.0 Å². The fourth-order valence-electron chi connectivity index (χ4n) is 3.38. The largest absolute Gasteiger partial charge is 0.326 e. The Labute approximate surface area is 195 Å². The molecule has 0 saturated heterocycles. The third kappa shape index (κ3) is 4.43. The number of sulfonamides is 1. The summed E-state index contributed by atoms with van der Waals surface area (Å²) in [6.45, 7) is 0. The summed E-state index contributed by atoms with van der Waals surface area (Å²) in [4.78, 5) is 25.6. The Kier molecular flexibility index (Phi) is 6.10. The van der Waals surface area contributed by atoms with Crippen LogP contribution < -0.4 is 14.9 Å². The van der Waals surface area contributed by atoms with Crippen LogP contribution in [0.4, 0.5) is 17.1 Å². The minimum absolute atomic E-state index is 0.0467. The summed E-state index contributed by atoms with van der Waals surface area (Å²) >= 11 is 11.8. The van der Waals surface area contributed by atoms with Crippen LogP contribution in [0.15, 0.2) is 77.7 Å². The van der Waals surface area contributed by atoms with Crippen molar-refractivity contribution in [1.82, 2.24) is 0 Å². The molecule has 32 heavy (non-hydrogen) atoms. The van der Waals surface area contributed by atoms with Crippen LogP contribution in [0.25, 0.3) is 0 Å². The Hall–Kier alpha value is -3.07. The van der Waals surface area contributed by atoms with Crippen molar-refractivity contribution in [3.05, 3.63) is 82.8 Å². The second-order valence-electron chi connectivity index (χ2n) is 7.04. The summed E-state index contributed by atoms with van der Waals surface area (Å²) in [7, 11) is -4.18. The van der Waals surface area contributed by atoms with Gasteiger partial charge in [0.05, 0.1) is 22.7 Å². The molecule has 7 nitrogen and oxygen atoms in total. The van der Waals surface area contributed by atoms with E-state index < -0.39 is 34.3 Å². The lowest BCUT2D eigenvalue weighted by Gasteiger charge is -2.36. The molecule has 0 bridgehead atoms. The number of benzene rings is 3. The molecule has 2 amide bonds. The Morgan fingerprint density at radius 1 is 0.938 bits per heavy atom. The summed E-state index contributed by atoms with van der Waals surface area (Å²) in [6.07, 6.45) is -0.393. The SMILES string of the molecule is O=C(CC1C(=O)Nc2ccccc2N1S(=O)(=O)c1ccc(Cl)cc1)Nc1ccc(Cl)cc1. The van der Waals surface area contributed by atoms with Crippen molar-refractivity contribution in [2.45, 2.75) is 17.4 Å². The van der Waals surface area contributed by atoms with Crippen LogP contribution >= 0.6 is 23.2 Å². The number of carbonyl (C=O) groups is 2. The molecule has 1 unspecified atom stereocenters. The maximum atomic E-state index is 13.6. The smallest absolute Gasteiger partial charge is 0.265 e. The van der Waals surface area contributed by atoms with E-state index in [0.29, 0.717) is 21.4 Å². The molecule has 1 aliphatic heterocycles. The summed E-state index contributed by atoms with van der Waals surface area (Å²) in [5.41, 5.74) is 1.08. The first-order valence-electron chi connectivity index (χ1n) is 9.51. The molecule has 1 heterocycles. The lowest BCUT2D eigenvalue weighted by molar-refractivity contribution is -0.122. The van der Waals surface area contributed by atoms with Crippen molar-refractivity contribution in [3.8, 4) is 0 Å². The van der Waals surface area contributed by atoms with Gasteiger partial charge in [0.1, 0.15) is 6.04 Å². The highest BCUT2D eigenvalue weighted by atomic mass is 35.5. The summed E-state index contributed by atoms with van der Waals surface area (Å²) in [5, 5.41) is 6.23. The fraction of sp³-hybridized carbons (Fsp3) is 0.0909. The van der Waals surface area contributed by atoms with Crippen LogP contribution in [0, 0.1) is 0 Å². The number of nitrogens with zero attached hydrogens (tertiary/aromatic N) is 1. The van der Waals surface area contributed by atoms with Crippen LogP contribution in [0.5, 0.6) is 0 Å². The van der Waals surface area contributed by atoms with Gasteiger partial charge in [-0.15, -0.1) is 0 Å². The van der Waals surface area contributed by atoms with Crippen molar-refractivity contribution in [1.29, 1.82) is 0 Å². The summed E-state index contributed by atoms with van der Waals surface area (Å²) < 4.78 is 28.1. The van der Waals surface area contributed by atoms with Crippen molar-refractivity contribution < 1.29 is 18.0 Å². The topological polar surface area (TPSA) is 95.6 Å². The molecule has 3 aromatic carbocycles. The van der Waals surface area contributed by atoms with E-state index in [0.717, 1.165) is 4.31 Å². The number of halogens is 2. The number of amides is 2. The first kappa shape index (κ1) is 22.1. The highest BCUT2D eigenvalue weighted by molar-refractivity contribution is 7.93. The molecule has 0 fully saturated rings. The van der Waals surface area contributed by atoms with E-state index in [1.807, 2.05) is 0 Å². The molecule has 1 aliphatic rings. The molecule has 0 radical (unpaired) electrons. The lowest BCUT2D eigenvalue weighted by Crippen LogP contribution is -2.52. The maximum absolute atomic E-state index is 13.6. The van der Waals surface area contributed by atoms with Crippen LogP contribution in [-0.2, 0) is 19.6 Å². The van der Waals surface area contributed by atoms with E-state index in [1.54, 1.807) is 48.5 Å². The van der Waals surface area contributed by atoms with Gasteiger partial charge in [-0.2, -0.15) is 0 Å². The van der Waals surface area contributed by atoms with Gasteiger partial charge < -0.3 is 10.6 Å². The predicted molar refractivity (Wildman–Crippen MR) is 125 cm³/mol. The van der Waals surface area contributed by atoms with Gasteiger partial charge in [-0.05, 0) is 60.7 Å². The Balaban J connectivity index is 1.71. The van der Waals surface area contributed by atoms with E-state index in [1.165, 1.54) is 24.3 Å². The molecular weight excluding hydrogens is 473 g/mol. The molecule has 0 aliphatic carbocycles. The number of anilines is 3. The lowest BCUT2D eigenvalue weighted by atomic mass is 10.1. The molecule has 10 heteroatoms. The van der Waals surface area contributed by atoms with Gasteiger partial charge in [0.2, 0.25) is 11.8 Å². The molecule has 1 atom stereocenters. The van der Waals surface area contributed by atoms with Gasteiger partial charge in [-0.25, -0.2) is 8.42 Å². The molecule has 0 aromatic heterocycles. The van der Waals surface area contributed by atoms with E-state index in [9.17, 15) is 18.0 Å². The summed E-state index contributed by atoms with van der Waals surface area (Å²) in [5.74, 6) is -1.13. The molecular formula is C22H17Cl2N3O4S. The number of rotatable bonds is 5. The minimum atomic E-state index is -4.18. The molecule has 0 saturated carbocycles. The van der Waals surface area contributed by atoms with Gasteiger partial charge in [-0.1, -0.05) is 35.3 Å². The predicted octanol–water partition coefficient (Wildman–Crippen LogP) is 4.54. The first-order valence-corrected chi connectivity index (χ1v) is 11.7. The maximum Gasteiger partial charge on any atom is 0.265 e. The highest BCUT2D eigenvalue weighted by Gasteiger charge is 2.41. The third-order valence-electron chi connectivity index (χ3n) is 4.86. The second-order valence-corrected chi connectivity index (χ2v) is 9.72. The molecule has 3 aromatic rings. The molecule has 164 valence electrons. The third-order valence-corrected chi connectivity index (χ3v) is 7.20. The first-order chi connectivity index (χ1) is 15.3. The number of hydrogen-bond donors (Lipinski definition) is 2. The van der Waals surface area contributed by atoms with E-state index in [4.69, 9.17) is 23.2 Å². The quantitative estimate of drug-likeness (QED) is 0.549. The van der Waals surface area contributed by atoms with Crippen molar-refractivity contribution >= 4 is 62.1 Å². The number of hydrogen-bond acceptors (Lipinski definition) is 4. The zero-order valence-corrected chi connectivity index (χ0v) is 18.8. The number of para-hydroxylation sites is 2. The van der Waals surface area contributed by atoms with E-state index in [-0.39, 0.29) is 10.6 Å². The highest BCUT2D eigenvalue weighted by Crippen LogP contribution is 2.37. The van der Waals surface area contributed by atoms with Gasteiger partial charge in [-0.3, -0.25) is 13.9 Å². The van der Waals surface area contributed by atoms with Gasteiger partial charge >= 0.3 is 0 Å². The average molecular weight is 490 g/mol. The number of fused-ring (bicyclic) bond motifs is 1. The monoisotopic (exact) mass is 489 g/mol. The van der Waals surface area contributed by atoms with E-state index >= 15 is 0 Å². The van der Waals surface area contributed by atoms with E-state index in [2.05, 4.69) is 10.6 Å². The van der Waals surface area contributed by atoms with Crippen LogP contribution in [0.1, 0.15) is 6.42 Å². The summed E-state index contributed by atoms with van der Waals surface area (Å²) in [6, 6.07) is 17.3. The van der Waals surface area contributed by atoms with Gasteiger partial charge in [0.15, 0.2) is 0 Å². The second kappa shape index (κ2) is 8.82. The van der Waals surface area contributed by atoms with Crippen LogP contribution in [0.3, 0.4) is 0 Å². The van der Waals surface area contributed by atoms with Crippen LogP contribution in [-0.4, -0.2) is 26.3 Å². The number of nitrogens with one attached hydrogen (secondary N) is 2. The molecule has 0 spiro atoms. The Morgan fingerprint density at radius 2 is 1.53 bits per heavy atom. The zero-order valence-electron chi connectivity index (χ0n) is 16.5. The average Bonchev–Trinajstić information content (AvgIpc) is 2.76. The van der Waals surface area contributed by atoms with Crippen molar-refractivity contribution in [2.24, 2.45) is 0 Å². The van der Waals surface area contributed by atoms with Crippen molar-refractivity contribution in [2.75, 3.05) is 14.9 Å². The van der Waals surface area contributed by atoms with Gasteiger partial charge in [0, 0.05) is 15.7 Å². The zero-order chi connectivity index (χ0) is 22.9. The number of carbonyl (C=O) groups excluding carboxylic acids is 2. The fourth-order valence-corrected chi connectivity index (χ4v) is 5.26. The minimum Gasteiger partial charge on any atom is -0.326 e. The van der Waals surface area contributed by atoms with Gasteiger partial charge in [0.25, 0.3) is 10.0 Å². The van der Waals surface area contributed by atoms with Crippen molar-refractivity contribution in [3.63, 3.8) is 0 Å². The molecule has 2 N–H and O–H groups in total. The molecule has 4 rings (SSSR count). The Morgan fingerprint density at radius 3 is 2.19 bits per heavy atom. The normalized spacial score (nSPS) is 15.6. The Bertz CT molecular complexity index is 1280.